The number of hydrogen-bond donors (Lipinski definition) is 1. The maximum Gasteiger partial charge on any atom is 0.0701 e. The summed E-state index contributed by atoms with van der Waals surface area (Å²) in [6, 6.07) is 4.88. The van der Waals surface area contributed by atoms with Crippen molar-refractivity contribution in [2.45, 2.75) is 59.0 Å². The SMILES string of the molecule is CCCNC(Cc1ccc(Br)s1)C(C)(C)N(CC)CC. The highest BCUT2D eigenvalue weighted by Crippen LogP contribution is 2.27. The lowest BCUT2D eigenvalue weighted by molar-refractivity contribution is 0.0914. The van der Waals surface area contributed by atoms with Gasteiger partial charge in [0.1, 0.15) is 0 Å². The molecule has 0 aromatic carbocycles. The fraction of sp³-hybridized carbons (Fsp3) is 0.750. The van der Waals surface area contributed by atoms with E-state index >= 15 is 0 Å². The molecule has 1 atom stereocenters. The number of halogens is 1. The van der Waals surface area contributed by atoms with Crippen LogP contribution in [-0.4, -0.2) is 36.1 Å². The third-order valence-electron chi connectivity index (χ3n) is 4.11. The van der Waals surface area contributed by atoms with Crippen LogP contribution in [0.15, 0.2) is 15.9 Å². The van der Waals surface area contributed by atoms with Gasteiger partial charge in [-0.2, -0.15) is 0 Å². The van der Waals surface area contributed by atoms with E-state index in [1.54, 1.807) is 0 Å². The number of nitrogens with one attached hydrogen (secondary N) is 1. The van der Waals surface area contributed by atoms with Gasteiger partial charge >= 0.3 is 0 Å². The van der Waals surface area contributed by atoms with Gasteiger partial charge in [-0.15, -0.1) is 11.3 Å². The molecule has 1 aromatic heterocycles. The minimum atomic E-state index is 0.162. The summed E-state index contributed by atoms with van der Waals surface area (Å²) in [6.07, 6.45) is 2.28. The van der Waals surface area contributed by atoms with Crippen LogP contribution in [0.4, 0.5) is 0 Å². The number of rotatable bonds is 9. The lowest BCUT2D eigenvalue weighted by Gasteiger charge is -2.44. The molecule has 2 nitrogen and oxygen atoms in total. The first-order chi connectivity index (χ1) is 9.45. The Bertz CT molecular complexity index is 386. The first kappa shape index (κ1) is 18.1. The predicted octanol–water partition coefficient (Wildman–Crippen LogP) is 4.54. The van der Waals surface area contributed by atoms with Crippen molar-refractivity contribution in [1.82, 2.24) is 10.2 Å². The van der Waals surface area contributed by atoms with E-state index in [2.05, 4.69) is 72.9 Å². The molecule has 1 heterocycles. The van der Waals surface area contributed by atoms with Crippen LogP contribution in [0.5, 0.6) is 0 Å². The monoisotopic (exact) mass is 360 g/mol. The summed E-state index contributed by atoms with van der Waals surface area (Å²) in [6.45, 7) is 14.8. The molecule has 4 heteroatoms. The molecule has 0 saturated carbocycles. The average Bonchev–Trinajstić information content (AvgIpc) is 2.81. The van der Waals surface area contributed by atoms with Gasteiger partial charge in [-0.25, -0.2) is 0 Å². The molecule has 1 unspecified atom stereocenters. The van der Waals surface area contributed by atoms with E-state index in [1.165, 1.54) is 15.1 Å². The quantitative estimate of drug-likeness (QED) is 0.695. The van der Waals surface area contributed by atoms with Crippen molar-refractivity contribution in [2.24, 2.45) is 0 Å². The van der Waals surface area contributed by atoms with Crippen molar-refractivity contribution in [3.8, 4) is 0 Å². The molecule has 20 heavy (non-hydrogen) atoms. The average molecular weight is 361 g/mol. The van der Waals surface area contributed by atoms with Crippen molar-refractivity contribution in [3.05, 3.63) is 20.8 Å². The van der Waals surface area contributed by atoms with Crippen LogP contribution < -0.4 is 5.32 Å². The van der Waals surface area contributed by atoms with Crippen LogP contribution in [0.1, 0.15) is 45.9 Å². The van der Waals surface area contributed by atoms with Crippen molar-refractivity contribution in [3.63, 3.8) is 0 Å². The number of likely N-dealkylation sites (N-methyl/N-ethyl adjacent to an activating group) is 1. The highest BCUT2D eigenvalue weighted by Gasteiger charge is 2.33. The van der Waals surface area contributed by atoms with E-state index in [4.69, 9.17) is 0 Å². The van der Waals surface area contributed by atoms with E-state index in [9.17, 15) is 0 Å². The molecule has 0 amide bonds. The van der Waals surface area contributed by atoms with Gasteiger partial charge in [-0.3, -0.25) is 4.90 Å². The van der Waals surface area contributed by atoms with E-state index in [0.29, 0.717) is 6.04 Å². The van der Waals surface area contributed by atoms with Crippen LogP contribution in [0.2, 0.25) is 0 Å². The Labute approximate surface area is 137 Å². The molecule has 0 radical (unpaired) electrons. The summed E-state index contributed by atoms with van der Waals surface area (Å²) in [7, 11) is 0. The first-order valence-electron chi connectivity index (χ1n) is 7.68. The van der Waals surface area contributed by atoms with Gasteiger partial charge in [0.2, 0.25) is 0 Å². The molecular formula is C16H29BrN2S. The summed E-state index contributed by atoms with van der Waals surface area (Å²) in [5.41, 5.74) is 0.162. The van der Waals surface area contributed by atoms with Gasteiger partial charge in [0.15, 0.2) is 0 Å². The van der Waals surface area contributed by atoms with Gasteiger partial charge in [0, 0.05) is 16.5 Å². The molecule has 1 rings (SSSR count). The smallest absolute Gasteiger partial charge is 0.0701 e. The lowest BCUT2D eigenvalue weighted by atomic mass is 9.89. The molecule has 0 bridgehead atoms. The molecule has 1 N–H and O–H groups in total. The van der Waals surface area contributed by atoms with E-state index < -0.39 is 0 Å². The maximum atomic E-state index is 3.77. The normalized spacial score (nSPS) is 13.9. The van der Waals surface area contributed by atoms with E-state index in [-0.39, 0.29) is 5.54 Å². The van der Waals surface area contributed by atoms with Crippen LogP contribution in [0, 0.1) is 0 Å². The molecule has 0 aliphatic heterocycles. The van der Waals surface area contributed by atoms with Crippen LogP contribution >= 0.6 is 27.3 Å². The Hall–Kier alpha value is 0.1000. The third-order valence-corrected chi connectivity index (χ3v) is 5.75. The fourth-order valence-electron chi connectivity index (χ4n) is 2.81. The Morgan fingerprint density at radius 3 is 2.35 bits per heavy atom. The second kappa shape index (κ2) is 8.52. The van der Waals surface area contributed by atoms with E-state index in [0.717, 1.165) is 26.1 Å². The van der Waals surface area contributed by atoms with Crippen LogP contribution in [0.3, 0.4) is 0 Å². The summed E-state index contributed by atoms with van der Waals surface area (Å²) >= 11 is 5.42. The lowest BCUT2D eigenvalue weighted by Crippen LogP contribution is -2.58. The standard InChI is InChI=1S/C16H29BrN2S/c1-6-11-18-14(12-13-9-10-15(17)20-13)16(4,5)19(7-2)8-3/h9-10,14,18H,6-8,11-12H2,1-5H3. The third kappa shape index (κ3) is 4.83. The zero-order valence-electron chi connectivity index (χ0n) is 13.5. The van der Waals surface area contributed by atoms with Crippen molar-refractivity contribution >= 4 is 27.3 Å². The molecule has 0 aliphatic rings. The maximum absolute atomic E-state index is 3.77. The summed E-state index contributed by atoms with van der Waals surface area (Å²) in [4.78, 5) is 4.01. The Morgan fingerprint density at radius 1 is 1.25 bits per heavy atom. The van der Waals surface area contributed by atoms with Gasteiger partial charge in [-0.1, -0.05) is 20.8 Å². The van der Waals surface area contributed by atoms with Gasteiger partial charge in [-0.05, 0) is 74.4 Å². The van der Waals surface area contributed by atoms with Crippen molar-refractivity contribution < 1.29 is 0 Å². The van der Waals surface area contributed by atoms with Crippen LogP contribution in [-0.2, 0) is 6.42 Å². The number of hydrogen-bond acceptors (Lipinski definition) is 3. The van der Waals surface area contributed by atoms with Gasteiger partial charge in [0.25, 0.3) is 0 Å². The highest BCUT2D eigenvalue weighted by molar-refractivity contribution is 9.11. The molecule has 1 aromatic rings. The Kier molecular flexibility index (Phi) is 7.73. The molecule has 116 valence electrons. The Balaban J connectivity index is 2.86. The fourth-order valence-corrected chi connectivity index (χ4v) is 4.34. The largest absolute Gasteiger partial charge is 0.312 e. The first-order valence-corrected chi connectivity index (χ1v) is 9.29. The highest BCUT2D eigenvalue weighted by atomic mass is 79.9. The zero-order valence-corrected chi connectivity index (χ0v) is 15.9. The van der Waals surface area contributed by atoms with Crippen molar-refractivity contribution in [2.75, 3.05) is 19.6 Å². The minimum Gasteiger partial charge on any atom is -0.312 e. The minimum absolute atomic E-state index is 0.162. The second-order valence-electron chi connectivity index (χ2n) is 5.74. The van der Waals surface area contributed by atoms with Gasteiger partial charge < -0.3 is 5.32 Å². The molecule has 0 aliphatic carbocycles. The molecule has 0 spiro atoms. The number of nitrogens with zero attached hydrogens (tertiary/aromatic N) is 1. The summed E-state index contributed by atoms with van der Waals surface area (Å²) in [5.74, 6) is 0. The molecule has 0 saturated heterocycles. The Morgan fingerprint density at radius 2 is 1.90 bits per heavy atom. The summed E-state index contributed by atoms with van der Waals surface area (Å²) in [5, 5.41) is 3.77. The molecule has 0 fully saturated rings. The van der Waals surface area contributed by atoms with Crippen LogP contribution in [0.25, 0.3) is 0 Å². The zero-order chi connectivity index (χ0) is 15.2. The molecular weight excluding hydrogens is 332 g/mol. The van der Waals surface area contributed by atoms with Gasteiger partial charge in [0.05, 0.1) is 3.79 Å². The predicted molar refractivity (Wildman–Crippen MR) is 94.8 cm³/mol. The van der Waals surface area contributed by atoms with Crippen molar-refractivity contribution in [1.29, 1.82) is 0 Å². The topological polar surface area (TPSA) is 15.3 Å². The van der Waals surface area contributed by atoms with E-state index in [1.807, 2.05) is 11.3 Å². The second-order valence-corrected chi connectivity index (χ2v) is 8.29. The number of thiophene rings is 1. The summed E-state index contributed by atoms with van der Waals surface area (Å²) < 4.78 is 1.22.